The molecule has 4 aromatic rings. The molecule has 0 amide bonds. The lowest BCUT2D eigenvalue weighted by molar-refractivity contribution is 0.171. The highest BCUT2D eigenvalue weighted by molar-refractivity contribution is 6.17. The number of benzene rings is 2. The molecule has 1 N–H and O–H groups in total. The molecule has 172 valence electrons. The summed E-state index contributed by atoms with van der Waals surface area (Å²) in [7, 11) is 0. The molecule has 1 aliphatic carbocycles. The van der Waals surface area contributed by atoms with E-state index >= 15 is 0 Å². The number of nitrogens with zero attached hydrogens (tertiary/aromatic N) is 2. The molecule has 0 fully saturated rings. The monoisotopic (exact) mass is 473 g/mol. The summed E-state index contributed by atoms with van der Waals surface area (Å²) in [6, 6.07) is 15.6. The van der Waals surface area contributed by atoms with Crippen molar-refractivity contribution in [3.63, 3.8) is 0 Å². The third-order valence-corrected chi connectivity index (χ3v) is 6.74. The molecule has 2 aromatic heterocycles. The quantitative estimate of drug-likeness (QED) is 0.379. The van der Waals surface area contributed by atoms with E-state index in [0.717, 1.165) is 36.1 Å². The van der Waals surface area contributed by atoms with Gasteiger partial charge >= 0.3 is 0 Å². The smallest absolute Gasteiger partial charge is 0.280 e. The highest BCUT2D eigenvalue weighted by atomic mass is 35.5. The van der Waals surface area contributed by atoms with Crippen molar-refractivity contribution < 1.29 is 9.47 Å². The van der Waals surface area contributed by atoms with Crippen molar-refractivity contribution in [3.8, 4) is 33.9 Å². The number of hydrogen-bond acceptors (Lipinski definition) is 4. The first kappa shape index (κ1) is 21.1. The zero-order valence-electron chi connectivity index (χ0n) is 18.6. The van der Waals surface area contributed by atoms with Gasteiger partial charge in [-0.2, -0.15) is 4.52 Å². The van der Waals surface area contributed by atoms with Crippen molar-refractivity contribution in [1.29, 1.82) is 0 Å². The molecule has 2 aliphatic rings. The van der Waals surface area contributed by atoms with Crippen molar-refractivity contribution in [2.24, 2.45) is 0 Å². The molecular formula is C27H24ClN3O3. The minimum absolute atomic E-state index is 0.125. The van der Waals surface area contributed by atoms with Gasteiger partial charge in [0.2, 0.25) is 0 Å². The third-order valence-electron chi connectivity index (χ3n) is 6.49. The van der Waals surface area contributed by atoms with E-state index in [9.17, 15) is 4.79 Å². The molecule has 6 nitrogen and oxygen atoms in total. The number of aromatic amines is 1. The lowest BCUT2D eigenvalue weighted by Crippen LogP contribution is -2.20. The molecule has 34 heavy (non-hydrogen) atoms. The van der Waals surface area contributed by atoms with Crippen LogP contribution in [0.2, 0.25) is 0 Å². The zero-order chi connectivity index (χ0) is 23.1. The average molecular weight is 474 g/mol. The number of ether oxygens (including phenoxy) is 2. The summed E-state index contributed by atoms with van der Waals surface area (Å²) < 4.78 is 13.0. The predicted octanol–water partition coefficient (Wildman–Crippen LogP) is 5.82. The van der Waals surface area contributed by atoms with E-state index in [0.29, 0.717) is 47.2 Å². The fraction of sp³-hybridized carbons (Fsp3) is 0.259. The van der Waals surface area contributed by atoms with Gasteiger partial charge in [-0.3, -0.25) is 9.89 Å². The van der Waals surface area contributed by atoms with Crippen LogP contribution in [0.15, 0.2) is 59.4 Å². The van der Waals surface area contributed by atoms with Gasteiger partial charge in [-0.25, -0.2) is 4.98 Å². The van der Waals surface area contributed by atoms with Crippen LogP contribution >= 0.6 is 11.6 Å². The first-order chi connectivity index (χ1) is 16.7. The molecule has 0 radical (unpaired) electrons. The Morgan fingerprint density at radius 2 is 1.79 bits per heavy atom. The maximum atomic E-state index is 13.9. The summed E-state index contributed by atoms with van der Waals surface area (Å²) in [4.78, 5) is 18.8. The van der Waals surface area contributed by atoms with E-state index in [-0.39, 0.29) is 11.4 Å². The molecule has 0 saturated carbocycles. The predicted molar refractivity (Wildman–Crippen MR) is 134 cm³/mol. The van der Waals surface area contributed by atoms with E-state index in [1.807, 2.05) is 48.5 Å². The van der Waals surface area contributed by atoms with Gasteiger partial charge in [-0.15, -0.1) is 11.6 Å². The number of hydrogen-bond donors (Lipinski definition) is 1. The van der Waals surface area contributed by atoms with Gasteiger partial charge in [-0.1, -0.05) is 42.5 Å². The van der Waals surface area contributed by atoms with Crippen molar-refractivity contribution >= 4 is 22.8 Å². The van der Waals surface area contributed by atoms with E-state index in [1.54, 1.807) is 4.52 Å². The van der Waals surface area contributed by atoms with Gasteiger partial charge in [-0.05, 0) is 49.0 Å². The van der Waals surface area contributed by atoms with Crippen molar-refractivity contribution in [1.82, 2.24) is 14.6 Å². The Hall–Kier alpha value is -3.51. The minimum atomic E-state index is -0.183. The summed E-state index contributed by atoms with van der Waals surface area (Å²) in [5.74, 6) is 1.42. The third kappa shape index (κ3) is 3.49. The zero-order valence-corrected chi connectivity index (χ0v) is 19.4. The Morgan fingerprint density at radius 1 is 0.971 bits per heavy atom. The summed E-state index contributed by atoms with van der Waals surface area (Å²) in [5.41, 5.74) is 6.30. The lowest BCUT2D eigenvalue weighted by atomic mass is 9.92. The lowest BCUT2D eigenvalue weighted by Gasteiger charge is -2.19. The topological polar surface area (TPSA) is 68.6 Å². The van der Waals surface area contributed by atoms with E-state index in [1.165, 1.54) is 12.0 Å². The van der Waals surface area contributed by atoms with Crippen molar-refractivity contribution in [2.75, 3.05) is 13.2 Å². The van der Waals surface area contributed by atoms with Gasteiger partial charge in [0, 0.05) is 11.1 Å². The second-order valence-electron chi connectivity index (χ2n) is 8.59. The second-order valence-corrected chi connectivity index (χ2v) is 8.86. The highest BCUT2D eigenvalue weighted by Gasteiger charge is 2.24. The van der Waals surface area contributed by atoms with E-state index in [2.05, 4.69) is 11.2 Å². The Kier molecular flexibility index (Phi) is 5.38. The standard InChI is InChI=1S/C27H24ClN3O3/c28-16-20-23(19-11-12-21-22(15-19)34-14-13-33-21)27(32)31-26(29-20)24(17-7-3-1-4-8-17)25(30-31)18-9-5-2-6-10-18/h2,5-7,9-12,15,30H,1,3-4,8,13-14,16H2. The number of allylic oxidation sites excluding steroid dienone is 2. The second kappa shape index (κ2) is 8.69. The number of halogens is 1. The van der Waals surface area contributed by atoms with Gasteiger partial charge in [0.15, 0.2) is 17.1 Å². The molecular weight excluding hydrogens is 450 g/mol. The molecule has 6 rings (SSSR count). The number of aromatic nitrogens is 3. The molecule has 0 unspecified atom stereocenters. The van der Waals surface area contributed by atoms with E-state index < -0.39 is 0 Å². The fourth-order valence-electron chi connectivity index (χ4n) is 4.88. The highest BCUT2D eigenvalue weighted by Crippen LogP contribution is 2.38. The molecule has 7 heteroatoms. The molecule has 3 heterocycles. The summed E-state index contributed by atoms with van der Waals surface area (Å²) in [6.07, 6.45) is 6.58. The molecule has 2 aromatic carbocycles. The van der Waals surface area contributed by atoms with Crippen LogP contribution in [0.4, 0.5) is 0 Å². The van der Waals surface area contributed by atoms with Crippen LogP contribution in [0.3, 0.4) is 0 Å². The maximum Gasteiger partial charge on any atom is 0.280 e. The number of rotatable bonds is 4. The molecule has 0 bridgehead atoms. The van der Waals surface area contributed by atoms with Crippen LogP contribution in [0, 0.1) is 0 Å². The van der Waals surface area contributed by atoms with Crippen LogP contribution < -0.4 is 15.0 Å². The number of fused-ring (bicyclic) bond motifs is 2. The van der Waals surface area contributed by atoms with Crippen LogP contribution in [0.1, 0.15) is 36.9 Å². The average Bonchev–Trinajstić information content (AvgIpc) is 3.29. The van der Waals surface area contributed by atoms with Crippen LogP contribution in [-0.4, -0.2) is 27.8 Å². The van der Waals surface area contributed by atoms with Crippen LogP contribution in [-0.2, 0) is 5.88 Å². The normalized spacial score (nSPS) is 15.4. The Morgan fingerprint density at radius 3 is 2.56 bits per heavy atom. The van der Waals surface area contributed by atoms with Gasteiger partial charge in [0.25, 0.3) is 5.56 Å². The van der Waals surface area contributed by atoms with Gasteiger partial charge < -0.3 is 9.47 Å². The summed E-state index contributed by atoms with van der Waals surface area (Å²) >= 11 is 6.37. The number of nitrogens with one attached hydrogen (secondary N) is 1. The van der Waals surface area contributed by atoms with Gasteiger partial charge in [0.05, 0.1) is 22.8 Å². The minimum Gasteiger partial charge on any atom is -0.486 e. The van der Waals surface area contributed by atoms with Crippen molar-refractivity contribution in [2.45, 2.75) is 31.6 Å². The molecule has 0 atom stereocenters. The van der Waals surface area contributed by atoms with E-state index in [4.69, 9.17) is 26.1 Å². The molecule has 0 spiro atoms. The summed E-state index contributed by atoms with van der Waals surface area (Å²) in [5, 5.41) is 3.37. The van der Waals surface area contributed by atoms with Crippen molar-refractivity contribution in [3.05, 3.63) is 76.2 Å². The maximum absolute atomic E-state index is 13.9. The van der Waals surface area contributed by atoms with Crippen LogP contribution in [0.5, 0.6) is 11.5 Å². The SMILES string of the molecule is O=c1c(-c2ccc3c(c2)OCCO3)c(CCl)nc2c(C3=CCCCC3)c(-c3ccccc3)[nH]n12. The number of alkyl halides is 1. The molecule has 1 aliphatic heterocycles. The Balaban J connectivity index is 1.62. The van der Waals surface area contributed by atoms with Gasteiger partial charge in [0.1, 0.15) is 13.2 Å². The largest absolute Gasteiger partial charge is 0.486 e. The Bertz CT molecular complexity index is 1470. The summed E-state index contributed by atoms with van der Waals surface area (Å²) in [6.45, 7) is 0.990. The first-order valence-corrected chi connectivity index (χ1v) is 12.2. The molecule has 0 saturated heterocycles. The Labute approximate surface area is 201 Å². The van der Waals surface area contributed by atoms with Crippen LogP contribution in [0.25, 0.3) is 33.6 Å². The fourth-order valence-corrected chi connectivity index (χ4v) is 5.08. The number of H-pyrrole nitrogens is 1. The first-order valence-electron chi connectivity index (χ1n) is 11.6.